The first-order valence-corrected chi connectivity index (χ1v) is 5.71. The van der Waals surface area contributed by atoms with Crippen LogP contribution >= 0.6 is 0 Å². The van der Waals surface area contributed by atoms with Crippen LogP contribution in [-0.4, -0.2) is 38.3 Å². The van der Waals surface area contributed by atoms with Crippen LogP contribution in [0.15, 0.2) is 0 Å². The number of carboxylic acid groups (broad SMARTS) is 1. The highest BCUT2D eigenvalue weighted by atomic mass is 16.4. The maximum atomic E-state index is 10.6. The van der Waals surface area contributed by atoms with E-state index in [0.29, 0.717) is 13.1 Å². The largest absolute Gasteiger partial charge is 0.481 e. The molecule has 1 aliphatic rings. The lowest BCUT2D eigenvalue weighted by molar-refractivity contribution is -0.135. The molecule has 0 saturated heterocycles. The summed E-state index contributed by atoms with van der Waals surface area (Å²) in [6.45, 7) is 3.27. The molecule has 0 bridgehead atoms. The van der Waals surface area contributed by atoms with E-state index in [1.54, 1.807) is 4.90 Å². The number of aromatic nitrogens is 2. The summed E-state index contributed by atoms with van der Waals surface area (Å²) < 4.78 is 0. The Hall–Kier alpha value is -1.85. The quantitative estimate of drug-likeness (QED) is 0.534. The summed E-state index contributed by atoms with van der Waals surface area (Å²) in [6, 6.07) is 0. The average molecular weight is 236 g/mol. The number of rotatable bonds is 3. The highest BCUT2D eigenvalue weighted by Crippen LogP contribution is 2.17. The first-order chi connectivity index (χ1) is 8.10. The fourth-order valence-corrected chi connectivity index (χ4v) is 2.01. The Labute approximate surface area is 99.2 Å². The van der Waals surface area contributed by atoms with Crippen LogP contribution in [-0.2, 0) is 24.2 Å². The number of aromatic amines is 1. The van der Waals surface area contributed by atoms with E-state index >= 15 is 0 Å². The minimum absolute atomic E-state index is 0.163. The lowest BCUT2D eigenvalue weighted by Gasteiger charge is -2.27. The molecule has 0 fully saturated rings. The standard InChI is InChI=1S/C11H16N4O2/c1-2-10-13-7-3-4-15(6-8(7)14-10)9(12)5-11(16)17/h12H,2-6H2,1H3,(H,13,14)(H,16,17). The number of aryl methyl sites for hydroxylation is 1. The summed E-state index contributed by atoms with van der Waals surface area (Å²) in [7, 11) is 0. The molecule has 0 unspecified atom stereocenters. The number of fused-ring (bicyclic) bond motifs is 1. The molecule has 3 N–H and O–H groups in total. The van der Waals surface area contributed by atoms with Gasteiger partial charge in [-0.05, 0) is 0 Å². The molecule has 0 aromatic carbocycles. The zero-order valence-corrected chi connectivity index (χ0v) is 9.79. The van der Waals surface area contributed by atoms with Gasteiger partial charge in [-0.15, -0.1) is 0 Å². The third-order valence-corrected chi connectivity index (χ3v) is 2.92. The molecule has 2 heterocycles. The van der Waals surface area contributed by atoms with Crippen LogP contribution in [0.2, 0.25) is 0 Å². The van der Waals surface area contributed by atoms with E-state index in [2.05, 4.69) is 9.97 Å². The number of carboxylic acids is 1. The van der Waals surface area contributed by atoms with E-state index in [1.165, 1.54) is 0 Å². The van der Waals surface area contributed by atoms with Gasteiger partial charge in [0.25, 0.3) is 0 Å². The fraction of sp³-hybridized carbons (Fsp3) is 0.545. The summed E-state index contributed by atoms with van der Waals surface area (Å²) in [5, 5.41) is 16.4. The van der Waals surface area contributed by atoms with Crippen molar-refractivity contribution in [3.05, 3.63) is 17.2 Å². The second-order valence-corrected chi connectivity index (χ2v) is 4.15. The van der Waals surface area contributed by atoms with Gasteiger partial charge in [0.1, 0.15) is 18.1 Å². The van der Waals surface area contributed by atoms with Crippen LogP contribution in [0.3, 0.4) is 0 Å². The van der Waals surface area contributed by atoms with E-state index in [1.807, 2.05) is 6.92 Å². The second-order valence-electron chi connectivity index (χ2n) is 4.15. The van der Waals surface area contributed by atoms with Crippen molar-refractivity contribution in [1.29, 1.82) is 5.41 Å². The predicted molar refractivity (Wildman–Crippen MR) is 62.1 cm³/mol. The van der Waals surface area contributed by atoms with Crippen molar-refractivity contribution in [2.75, 3.05) is 6.54 Å². The third kappa shape index (κ3) is 2.46. The Balaban J connectivity index is 2.07. The van der Waals surface area contributed by atoms with Gasteiger partial charge in [-0.2, -0.15) is 0 Å². The Morgan fingerprint density at radius 3 is 3.06 bits per heavy atom. The second kappa shape index (κ2) is 4.57. The fourth-order valence-electron chi connectivity index (χ4n) is 2.01. The normalized spacial score (nSPS) is 14.5. The SMILES string of the molecule is CCc1nc2c([nH]1)CN(C(=N)CC(=O)O)CC2. The van der Waals surface area contributed by atoms with Gasteiger partial charge < -0.3 is 15.0 Å². The van der Waals surface area contributed by atoms with Gasteiger partial charge in [0.05, 0.1) is 17.9 Å². The van der Waals surface area contributed by atoms with Gasteiger partial charge in [-0.3, -0.25) is 10.2 Å². The van der Waals surface area contributed by atoms with Crippen molar-refractivity contribution < 1.29 is 9.90 Å². The molecule has 6 nitrogen and oxygen atoms in total. The first kappa shape index (κ1) is 11.6. The summed E-state index contributed by atoms with van der Waals surface area (Å²) >= 11 is 0. The number of nitrogens with zero attached hydrogens (tertiary/aromatic N) is 2. The number of carbonyl (C=O) groups is 1. The van der Waals surface area contributed by atoms with Crippen molar-refractivity contribution in [3.8, 4) is 0 Å². The van der Waals surface area contributed by atoms with E-state index in [-0.39, 0.29) is 12.3 Å². The molecule has 0 atom stereocenters. The topological polar surface area (TPSA) is 93.1 Å². The predicted octanol–water partition coefficient (Wildman–Crippen LogP) is 0.782. The molecule has 0 saturated carbocycles. The van der Waals surface area contributed by atoms with Crippen molar-refractivity contribution in [3.63, 3.8) is 0 Å². The molecule has 2 rings (SSSR count). The van der Waals surface area contributed by atoms with Crippen LogP contribution in [0.4, 0.5) is 0 Å². The lowest BCUT2D eigenvalue weighted by atomic mass is 10.1. The van der Waals surface area contributed by atoms with Gasteiger partial charge in [-0.1, -0.05) is 6.92 Å². The van der Waals surface area contributed by atoms with E-state index < -0.39 is 5.97 Å². The maximum Gasteiger partial charge on any atom is 0.310 e. The lowest BCUT2D eigenvalue weighted by Crippen LogP contribution is -2.36. The summed E-state index contributed by atoms with van der Waals surface area (Å²) in [5.74, 6) is 0.164. The van der Waals surface area contributed by atoms with E-state index in [9.17, 15) is 4.79 Å². The smallest absolute Gasteiger partial charge is 0.310 e. The Kier molecular flexibility index (Phi) is 3.12. The zero-order valence-electron chi connectivity index (χ0n) is 9.79. The van der Waals surface area contributed by atoms with Crippen molar-refractivity contribution in [2.24, 2.45) is 0 Å². The first-order valence-electron chi connectivity index (χ1n) is 5.71. The monoisotopic (exact) mass is 236 g/mol. The molecule has 1 aromatic heterocycles. The minimum Gasteiger partial charge on any atom is -0.481 e. The Bertz CT molecular complexity index is 452. The number of H-pyrrole nitrogens is 1. The van der Waals surface area contributed by atoms with Gasteiger partial charge in [0, 0.05) is 19.4 Å². The molecule has 1 aliphatic heterocycles. The molecule has 0 aliphatic carbocycles. The highest BCUT2D eigenvalue weighted by molar-refractivity contribution is 5.95. The number of nitrogens with one attached hydrogen (secondary N) is 2. The van der Waals surface area contributed by atoms with Gasteiger partial charge in [0.2, 0.25) is 0 Å². The highest BCUT2D eigenvalue weighted by Gasteiger charge is 2.22. The van der Waals surface area contributed by atoms with Crippen LogP contribution in [0, 0.1) is 5.41 Å². The van der Waals surface area contributed by atoms with E-state index in [0.717, 1.165) is 30.1 Å². The number of hydrogen-bond donors (Lipinski definition) is 3. The molecular formula is C11H16N4O2. The minimum atomic E-state index is -0.959. The van der Waals surface area contributed by atoms with Crippen LogP contribution in [0.1, 0.15) is 30.6 Å². The summed E-state index contributed by atoms with van der Waals surface area (Å²) in [4.78, 5) is 20.0. The number of hydrogen-bond acceptors (Lipinski definition) is 3. The van der Waals surface area contributed by atoms with Crippen LogP contribution < -0.4 is 0 Å². The summed E-state index contributed by atoms with van der Waals surface area (Å²) in [6.07, 6.45) is 1.41. The molecule has 1 aromatic rings. The van der Waals surface area contributed by atoms with Crippen molar-refractivity contribution in [2.45, 2.75) is 32.7 Å². The van der Waals surface area contributed by atoms with Crippen molar-refractivity contribution in [1.82, 2.24) is 14.9 Å². The van der Waals surface area contributed by atoms with E-state index in [4.69, 9.17) is 10.5 Å². The maximum absolute atomic E-state index is 10.6. The Morgan fingerprint density at radius 2 is 2.41 bits per heavy atom. The number of imidazole rings is 1. The average Bonchev–Trinajstić information content (AvgIpc) is 2.69. The zero-order chi connectivity index (χ0) is 12.4. The van der Waals surface area contributed by atoms with Gasteiger partial charge in [0.15, 0.2) is 0 Å². The van der Waals surface area contributed by atoms with Gasteiger partial charge >= 0.3 is 5.97 Å². The van der Waals surface area contributed by atoms with Gasteiger partial charge in [-0.25, -0.2) is 4.98 Å². The molecule has 6 heteroatoms. The molecule has 0 amide bonds. The van der Waals surface area contributed by atoms with Crippen LogP contribution in [0.25, 0.3) is 0 Å². The third-order valence-electron chi connectivity index (χ3n) is 2.92. The molecule has 0 radical (unpaired) electrons. The molecule has 92 valence electrons. The van der Waals surface area contributed by atoms with Crippen LogP contribution in [0.5, 0.6) is 0 Å². The molecule has 17 heavy (non-hydrogen) atoms. The molecule has 0 spiro atoms. The summed E-state index contributed by atoms with van der Waals surface area (Å²) in [5.41, 5.74) is 2.07. The number of amidine groups is 1. The Morgan fingerprint density at radius 1 is 1.65 bits per heavy atom. The number of aliphatic carboxylic acids is 1. The molecular weight excluding hydrogens is 220 g/mol. The van der Waals surface area contributed by atoms with Crippen molar-refractivity contribution >= 4 is 11.8 Å².